The largest absolute Gasteiger partial charge is 0.508 e. The monoisotopic (exact) mass is 188 g/mol. The number of fused-ring (bicyclic) bond motifs is 3. The quantitative estimate of drug-likeness (QED) is 0.663. The first-order chi connectivity index (χ1) is 6.86. The van der Waals surface area contributed by atoms with Gasteiger partial charge in [-0.15, -0.1) is 0 Å². The Morgan fingerprint density at radius 3 is 2.43 bits per heavy atom. The van der Waals surface area contributed by atoms with Crippen LogP contribution in [0.15, 0.2) is 6.07 Å². The highest BCUT2D eigenvalue weighted by Gasteiger charge is 2.22. The van der Waals surface area contributed by atoms with Gasteiger partial charge in [0.2, 0.25) is 0 Å². The average Bonchev–Trinajstić information content (AvgIpc) is 2.67. The zero-order valence-corrected chi connectivity index (χ0v) is 8.47. The summed E-state index contributed by atoms with van der Waals surface area (Å²) in [6.07, 6.45) is 8.59. The maximum atomic E-state index is 9.89. The summed E-state index contributed by atoms with van der Waals surface area (Å²) < 4.78 is 0. The van der Waals surface area contributed by atoms with Gasteiger partial charge in [0.25, 0.3) is 0 Å². The molecule has 0 aromatic heterocycles. The molecule has 2 aliphatic rings. The third kappa shape index (κ3) is 1.08. The maximum absolute atomic E-state index is 9.89. The molecule has 1 aromatic rings. The van der Waals surface area contributed by atoms with E-state index < -0.39 is 0 Å². The van der Waals surface area contributed by atoms with Crippen LogP contribution in [0.1, 0.15) is 41.5 Å². The van der Waals surface area contributed by atoms with Gasteiger partial charge in [-0.1, -0.05) is 0 Å². The summed E-state index contributed by atoms with van der Waals surface area (Å²) in [5.41, 5.74) is 5.77. The number of benzene rings is 1. The lowest BCUT2D eigenvalue weighted by Crippen LogP contribution is -2.06. The molecule has 1 heteroatoms. The number of phenols is 1. The van der Waals surface area contributed by atoms with Crippen molar-refractivity contribution >= 4 is 0 Å². The van der Waals surface area contributed by atoms with E-state index in [4.69, 9.17) is 0 Å². The molecule has 1 N–H and O–H groups in total. The molecular formula is C13H16O. The smallest absolute Gasteiger partial charge is 0.119 e. The van der Waals surface area contributed by atoms with Crippen LogP contribution in [0.4, 0.5) is 0 Å². The topological polar surface area (TPSA) is 20.2 Å². The molecule has 0 radical (unpaired) electrons. The van der Waals surface area contributed by atoms with Crippen molar-refractivity contribution in [1.82, 2.24) is 0 Å². The molecule has 0 fully saturated rings. The van der Waals surface area contributed by atoms with Crippen molar-refractivity contribution in [3.05, 3.63) is 28.3 Å². The zero-order chi connectivity index (χ0) is 9.54. The molecule has 0 amide bonds. The van der Waals surface area contributed by atoms with E-state index in [2.05, 4.69) is 0 Å². The van der Waals surface area contributed by atoms with Gasteiger partial charge in [-0.3, -0.25) is 0 Å². The Labute approximate surface area is 84.8 Å². The Hall–Kier alpha value is -0.980. The maximum Gasteiger partial charge on any atom is 0.119 e. The number of aromatic hydroxyl groups is 1. The Balaban J connectivity index is 2.22. The van der Waals surface area contributed by atoms with Gasteiger partial charge in [0.1, 0.15) is 5.75 Å². The SMILES string of the molecule is Oc1cc2c(c3c1CCC3)CCCC2. The lowest BCUT2D eigenvalue weighted by atomic mass is 9.86. The van der Waals surface area contributed by atoms with E-state index in [9.17, 15) is 5.11 Å². The van der Waals surface area contributed by atoms with Crippen LogP contribution in [0.25, 0.3) is 0 Å². The van der Waals surface area contributed by atoms with Crippen LogP contribution in [0, 0.1) is 0 Å². The van der Waals surface area contributed by atoms with Crippen LogP contribution in [-0.4, -0.2) is 5.11 Å². The molecule has 0 heterocycles. The van der Waals surface area contributed by atoms with Crippen LogP contribution in [0.3, 0.4) is 0 Å². The highest BCUT2D eigenvalue weighted by atomic mass is 16.3. The summed E-state index contributed by atoms with van der Waals surface area (Å²) >= 11 is 0. The van der Waals surface area contributed by atoms with Crippen molar-refractivity contribution in [2.75, 3.05) is 0 Å². The summed E-state index contributed by atoms with van der Waals surface area (Å²) in [5.74, 6) is 0.568. The van der Waals surface area contributed by atoms with Gasteiger partial charge in [0.05, 0.1) is 0 Å². The second-order valence-corrected chi connectivity index (χ2v) is 4.55. The van der Waals surface area contributed by atoms with Crippen LogP contribution in [-0.2, 0) is 25.7 Å². The summed E-state index contributed by atoms with van der Waals surface area (Å²) in [7, 11) is 0. The van der Waals surface area contributed by atoms with Crippen molar-refractivity contribution in [3.63, 3.8) is 0 Å². The Morgan fingerprint density at radius 1 is 0.786 bits per heavy atom. The second kappa shape index (κ2) is 3.01. The number of rotatable bonds is 0. The van der Waals surface area contributed by atoms with Crippen LogP contribution < -0.4 is 0 Å². The van der Waals surface area contributed by atoms with Crippen molar-refractivity contribution in [2.24, 2.45) is 0 Å². The van der Waals surface area contributed by atoms with Gasteiger partial charge < -0.3 is 5.11 Å². The fourth-order valence-corrected chi connectivity index (χ4v) is 3.04. The first kappa shape index (κ1) is 8.34. The minimum absolute atomic E-state index is 0.568. The summed E-state index contributed by atoms with van der Waals surface area (Å²) in [5, 5.41) is 9.89. The second-order valence-electron chi connectivity index (χ2n) is 4.55. The number of hydrogen-bond donors (Lipinski definition) is 1. The normalized spacial score (nSPS) is 19.1. The molecule has 1 aromatic carbocycles. The first-order valence-electron chi connectivity index (χ1n) is 5.72. The first-order valence-corrected chi connectivity index (χ1v) is 5.72. The lowest BCUT2D eigenvalue weighted by Gasteiger charge is -2.20. The molecule has 74 valence electrons. The van der Waals surface area contributed by atoms with E-state index in [-0.39, 0.29) is 0 Å². The molecule has 3 rings (SSSR count). The van der Waals surface area contributed by atoms with Crippen molar-refractivity contribution in [3.8, 4) is 5.75 Å². The fourth-order valence-electron chi connectivity index (χ4n) is 3.04. The van der Waals surface area contributed by atoms with Crippen LogP contribution in [0.5, 0.6) is 5.75 Å². The number of phenolic OH excluding ortho intramolecular Hbond substituents is 1. The number of hydrogen-bond acceptors (Lipinski definition) is 1. The van der Waals surface area contributed by atoms with Gasteiger partial charge in [0.15, 0.2) is 0 Å². The minimum atomic E-state index is 0.568. The van der Waals surface area contributed by atoms with Gasteiger partial charge in [0, 0.05) is 0 Å². The standard InChI is InChI=1S/C13H16O/c14-13-8-9-4-1-2-5-10(9)11-6-3-7-12(11)13/h8,14H,1-7H2. The molecule has 14 heavy (non-hydrogen) atoms. The van der Waals surface area contributed by atoms with E-state index in [1.807, 2.05) is 6.07 Å². The minimum Gasteiger partial charge on any atom is -0.508 e. The Morgan fingerprint density at radius 2 is 1.50 bits per heavy atom. The highest BCUT2D eigenvalue weighted by molar-refractivity contribution is 5.52. The molecule has 0 atom stereocenters. The summed E-state index contributed by atoms with van der Waals surface area (Å²) in [6.45, 7) is 0. The number of aryl methyl sites for hydroxylation is 1. The Kier molecular flexibility index (Phi) is 1.79. The van der Waals surface area contributed by atoms with Crippen LogP contribution >= 0.6 is 0 Å². The lowest BCUT2D eigenvalue weighted by molar-refractivity contribution is 0.467. The van der Waals surface area contributed by atoms with Gasteiger partial charge in [-0.05, 0) is 73.3 Å². The predicted molar refractivity (Wildman–Crippen MR) is 56.8 cm³/mol. The highest BCUT2D eigenvalue weighted by Crippen LogP contribution is 2.37. The molecule has 0 unspecified atom stereocenters. The third-order valence-corrected chi connectivity index (χ3v) is 3.71. The van der Waals surface area contributed by atoms with Gasteiger partial charge >= 0.3 is 0 Å². The summed E-state index contributed by atoms with van der Waals surface area (Å²) in [6, 6.07) is 2.03. The molecule has 0 spiro atoms. The molecule has 0 saturated heterocycles. The fraction of sp³-hybridized carbons (Fsp3) is 0.538. The molecule has 0 saturated carbocycles. The Bertz CT molecular complexity index is 379. The molecular weight excluding hydrogens is 172 g/mol. The van der Waals surface area contributed by atoms with E-state index in [1.165, 1.54) is 55.2 Å². The van der Waals surface area contributed by atoms with Crippen LogP contribution in [0.2, 0.25) is 0 Å². The summed E-state index contributed by atoms with van der Waals surface area (Å²) in [4.78, 5) is 0. The predicted octanol–water partition coefficient (Wildman–Crippen LogP) is 2.76. The van der Waals surface area contributed by atoms with E-state index in [0.717, 1.165) is 6.42 Å². The van der Waals surface area contributed by atoms with E-state index in [0.29, 0.717) is 5.75 Å². The van der Waals surface area contributed by atoms with Gasteiger partial charge in [-0.25, -0.2) is 0 Å². The molecule has 1 nitrogen and oxygen atoms in total. The third-order valence-electron chi connectivity index (χ3n) is 3.71. The zero-order valence-electron chi connectivity index (χ0n) is 8.47. The van der Waals surface area contributed by atoms with Crippen molar-refractivity contribution < 1.29 is 5.11 Å². The molecule has 2 aliphatic carbocycles. The van der Waals surface area contributed by atoms with Crippen molar-refractivity contribution in [1.29, 1.82) is 0 Å². The molecule has 0 bridgehead atoms. The average molecular weight is 188 g/mol. The van der Waals surface area contributed by atoms with E-state index >= 15 is 0 Å². The molecule has 0 aliphatic heterocycles. The van der Waals surface area contributed by atoms with E-state index in [1.54, 1.807) is 5.56 Å². The van der Waals surface area contributed by atoms with Crippen molar-refractivity contribution in [2.45, 2.75) is 44.9 Å². The van der Waals surface area contributed by atoms with Gasteiger partial charge in [-0.2, -0.15) is 0 Å².